The summed E-state index contributed by atoms with van der Waals surface area (Å²) >= 11 is 0. The van der Waals surface area contributed by atoms with E-state index >= 15 is 0 Å². The Bertz CT molecular complexity index is 389. The van der Waals surface area contributed by atoms with E-state index in [4.69, 9.17) is 0 Å². The largest absolute Gasteiger partial charge is 0.508 e. The number of phenolic OH excluding ortho intramolecular Hbond substituents is 1. The topological polar surface area (TPSA) is 20.2 Å². The molecule has 0 saturated carbocycles. The quantitative estimate of drug-likeness (QED) is 0.744. The molecule has 0 spiro atoms. The summed E-state index contributed by atoms with van der Waals surface area (Å²) in [6.07, 6.45) is 0.886. The Balaban J connectivity index is 3.00. The van der Waals surface area contributed by atoms with Gasteiger partial charge in [-0.1, -0.05) is 38.8 Å². The molecule has 0 bridgehead atoms. The van der Waals surface area contributed by atoms with Gasteiger partial charge in [0, 0.05) is 17.9 Å². The van der Waals surface area contributed by atoms with Gasteiger partial charge in [0.15, 0.2) is 0 Å². The summed E-state index contributed by atoms with van der Waals surface area (Å²) in [7, 11) is 0. The molecule has 1 nitrogen and oxygen atoms in total. The molecule has 0 aliphatic carbocycles. The fourth-order valence-electron chi connectivity index (χ4n) is 1.90. The Morgan fingerprint density at radius 1 is 1.31 bits per heavy atom. The minimum Gasteiger partial charge on any atom is -0.508 e. The molecule has 1 aromatic rings. The van der Waals surface area contributed by atoms with Crippen LogP contribution in [0.2, 0.25) is 0 Å². The van der Waals surface area contributed by atoms with Crippen molar-refractivity contribution in [1.82, 2.24) is 0 Å². The maximum atomic E-state index is 9.89. The Hall–Kier alpha value is -1.42. The molecule has 2 unspecified atom stereocenters. The molecule has 0 amide bonds. The molecule has 0 heterocycles. The Labute approximate surface area is 98.5 Å². The SMILES string of the molecule is CCC#CC(C)C(C)c1c(C)cccc1O. The van der Waals surface area contributed by atoms with Gasteiger partial charge >= 0.3 is 0 Å². The van der Waals surface area contributed by atoms with Gasteiger partial charge in [0.1, 0.15) is 5.75 Å². The summed E-state index contributed by atoms with van der Waals surface area (Å²) in [5.74, 6) is 7.25. The first kappa shape index (κ1) is 12.6. The predicted molar refractivity (Wildman–Crippen MR) is 68.5 cm³/mol. The van der Waals surface area contributed by atoms with E-state index in [1.807, 2.05) is 19.1 Å². The van der Waals surface area contributed by atoms with E-state index in [9.17, 15) is 5.11 Å². The highest BCUT2D eigenvalue weighted by Crippen LogP contribution is 2.33. The van der Waals surface area contributed by atoms with E-state index in [2.05, 4.69) is 32.6 Å². The normalized spacial score (nSPS) is 13.8. The molecule has 86 valence electrons. The summed E-state index contributed by atoms with van der Waals surface area (Å²) < 4.78 is 0. The molecule has 0 saturated heterocycles. The zero-order chi connectivity index (χ0) is 12.1. The van der Waals surface area contributed by atoms with Crippen molar-refractivity contribution in [2.45, 2.75) is 40.0 Å². The molecule has 1 rings (SSSR count). The number of benzene rings is 1. The number of rotatable bonds is 2. The van der Waals surface area contributed by atoms with Crippen molar-refractivity contribution >= 4 is 0 Å². The first-order valence-electron chi connectivity index (χ1n) is 5.84. The zero-order valence-electron chi connectivity index (χ0n) is 10.5. The number of aryl methyl sites for hydroxylation is 1. The number of hydrogen-bond acceptors (Lipinski definition) is 1. The smallest absolute Gasteiger partial charge is 0.119 e. The van der Waals surface area contributed by atoms with Gasteiger partial charge in [0.05, 0.1) is 0 Å². The molecule has 0 radical (unpaired) electrons. The van der Waals surface area contributed by atoms with Crippen LogP contribution in [0.5, 0.6) is 5.75 Å². The van der Waals surface area contributed by atoms with E-state index in [1.54, 1.807) is 6.07 Å². The average Bonchev–Trinajstić information content (AvgIpc) is 2.25. The van der Waals surface area contributed by atoms with Crippen molar-refractivity contribution in [1.29, 1.82) is 0 Å². The van der Waals surface area contributed by atoms with E-state index in [0.717, 1.165) is 17.5 Å². The van der Waals surface area contributed by atoms with E-state index in [0.29, 0.717) is 5.75 Å². The summed E-state index contributed by atoms with van der Waals surface area (Å²) in [6, 6.07) is 5.66. The highest BCUT2D eigenvalue weighted by atomic mass is 16.3. The first-order valence-corrected chi connectivity index (χ1v) is 5.84. The lowest BCUT2D eigenvalue weighted by atomic mass is 9.86. The maximum Gasteiger partial charge on any atom is 0.119 e. The van der Waals surface area contributed by atoms with Gasteiger partial charge in [-0.25, -0.2) is 0 Å². The lowest BCUT2D eigenvalue weighted by Gasteiger charge is -2.19. The maximum absolute atomic E-state index is 9.89. The predicted octanol–water partition coefficient (Wildman–Crippen LogP) is 3.85. The molecule has 1 aromatic carbocycles. The molecule has 1 N–H and O–H groups in total. The van der Waals surface area contributed by atoms with Gasteiger partial charge in [-0.15, -0.1) is 5.92 Å². The fraction of sp³-hybridized carbons (Fsp3) is 0.467. The Morgan fingerprint density at radius 3 is 2.56 bits per heavy atom. The molecule has 0 aliphatic rings. The van der Waals surface area contributed by atoms with Crippen molar-refractivity contribution in [2.75, 3.05) is 0 Å². The summed E-state index contributed by atoms with van der Waals surface area (Å²) in [5, 5.41) is 9.89. The van der Waals surface area contributed by atoms with E-state index in [1.165, 1.54) is 0 Å². The van der Waals surface area contributed by atoms with E-state index < -0.39 is 0 Å². The molecule has 2 atom stereocenters. The molecular weight excluding hydrogens is 196 g/mol. The van der Waals surface area contributed by atoms with Crippen LogP contribution >= 0.6 is 0 Å². The number of phenols is 1. The van der Waals surface area contributed by atoms with Gasteiger partial charge < -0.3 is 5.11 Å². The summed E-state index contributed by atoms with van der Waals surface area (Å²) in [5.41, 5.74) is 2.16. The minimum atomic E-state index is 0.264. The first-order chi connectivity index (χ1) is 7.57. The second-order valence-corrected chi connectivity index (χ2v) is 4.26. The van der Waals surface area contributed by atoms with Gasteiger partial charge in [0.25, 0.3) is 0 Å². The monoisotopic (exact) mass is 216 g/mol. The van der Waals surface area contributed by atoms with Crippen molar-refractivity contribution in [2.24, 2.45) is 5.92 Å². The van der Waals surface area contributed by atoms with Crippen LogP contribution in [0, 0.1) is 24.7 Å². The third-order valence-electron chi connectivity index (χ3n) is 3.01. The second kappa shape index (κ2) is 5.61. The van der Waals surface area contributed by atoms with Crippen molar-refractivity contribution in [3.63, 3.8) is 0 Å². The van der Waals surface area contributed by atoms with E-state index in [-0.39, 0.29) is 11.8 Å². The van der Waals surface area contributed by atoms with Crippen LogP contribution in [0.4, 0.5) is 0 Å². The lowest BCUT2D eigenvalue weighted by Crippen LogP contribution is -2.06. The molecule has 0 aromatic heterocycles. The van der Waals surface area contributed by atoms with Crippen LogP contribution < -0.4 is 0 Å². The third kappa shape index (κ3) is 2.79. The van der Waals surface area contributed by atoms with Crippen LogP contribution in [-0.2, 0) is 0 Å². The average molecular weight is 216 g/mol. The lowest BCUT2D eigenvalue weighted by molar-refractivity contribution is 0.454. The number of aromatic hydroxyl groups is 1. The molecular formula is C15H20O. The Morgan fingerprint density at radius 2 is 2.00 bits per heavy atom. The van der Waals surface area contributed by atoms with Crippen molar-refractivity contribution < 1.29 is 5.11 Å². The fourth-order valence-corrected chi connectivity index (χ4v) is 1.90. The van der Waals surface area contributed by atoms with Crippen molar-refractivity contribution in [3.05, 3.63) is 29.3 Å². The van der Waals surface area contributed by atoms with Gasteiger partial charge in [-0.3, -0.25) is 0 Å². The highest BCUT2D eigenvalue weighted by Gasteiger charge is 2.17. The van der Waals surface area contributed by atoms with Gasteiger partial charge in [-0.2, -0.15) is 0 Å². The summed E-state index contributed by atoms with van der Waals surface area (Å²) in [6.45, 7) is 8.32. The van der Waals surface area contributed by atoms with Crippen molar-refractivity contribution in [3.8, 4) is 17.6 Å². The minimum absolute atomic E-state index is 0.264. The Kier molecular flexibility index (Phi) is 4.43. The van der Waals surface area contributed by atoms with Gasteiger partial charge in [0.2, 0.25) is 0 Å². The molecule has 16 heavy (non-hydrogen) atoms. The standard InChI is InChI=1S/C15H20O/c1-5-6-8-11(2)13(4)15-12(3)9-7-10-14(15)16/h7,9-11,13,16H,5H2,1-4H3. The van der Waals surface area contributed by atoms with Crippen LogP contribution in [0.3, 0.4) is 0 Å². The van der Waals surface area contributed by atoms with Gasteiger partial charge in [-0.05, 0) is 24.5 Å². The summed E-state index contributed by atoms with van der Waals surface area (Å²) in [4.78, 5) is 0. The molecule has 0 fully saturated rings. The number of hydrogen-bond donors (Lipinski definition) is 1. The zero-order valence-corrected chi connectivity index (χ0v) is 10.5. The molecule has 1 heteroatoms. The second-order valence-electron chi connectivity index (χ2n) is 4.26. The van der Waals surface area contributed by atoms with Crippen LogP contribution in [0.1, 0.15) is 44.2 Å². The highest BCUT2D eigenvalue weighted by molar-refractivity contribution is 5.42. The van der Waals surface area contributed by atoms with Crippen LogP contribution in [0.25, 0.3) is 0 Å². The van der Waals surface area contributed by atoms with Crippen LogP contribution in [0.15, 0.2) is 18.2 Å². The third-order valence-corrected chi connectivity index (χ3v) is 3.01. The molecule has 0 aliphatic heterocycles. The van der Waals surface area contributed by atoms with Crippen LogP contribution in [-0.4, -0.2) is 5.11 Å².